The Morgan fingerprint density at radius 3 is 2.61 bits per heavy atom. The Hall–Kier alpha value is -0.990. The zero-order valence-corrected chi connectivity index (χ0v) is 11.8. The first-order chi connectivity index (χ1) is 8.25. The summed E-state index contributed by atoms with van der Waals surface area (Å²) >= 11 is 0. The molecular weight excluding hydrogens is 246 g/mol. The van der Waals surface area contributed by atoms with Gasteiger partial charge in [0.05, 0.1) is 0 Å². The van der Waals surface area contributed by atoms with Gasteiger partial charge in [0.2, 0.25) is 0 Å². The molecule has 1 aliphatic heterocycles. The van der Waals surface area contributed by atoms with Crippen molar-refractivity contribution in [1.82, 2.24) is 5.32 Å². The van der Waals surface area contributed by atoms with E-state index in [1.54, 1.807) is 0 Å². The lowest BCUT2D eigenvalue weighted by molar-refractivity contribution is 0.460. The minimum atomic E-state index is 0. The van der Waals surface area contributed by atoms with Crippen molar-refractivity contribution in [1.29, 1.82) is 0 Å². The van der Waals surface area contributed by atoms with Gasteiger partial charge in [-0.05, 0) is 69.0 Å². The molecule has 2 aromatic rings. The van der Waals surface area contributed by atoms with Gasteiger partial charge < -0.3 is 9.73 Å². The first-order valence-electron chi connectivity index (χ1n) is 6.46. The predicted octanol–water partition coefficient (Wildman–Crippen LogP) is 3.94. The van der Waals surface area contributed by atoms with Crippen molar-refractivity contribution in [3.8, 4) is 0 Å². The summed E-state index contributed by atoms with van der Waals surface area (Å²) in [6.07, 6.45) is 2.50. The van der Waals surface area contributed by atoms with E-state index in [0.29, 0.717) is 0 Å². The van der Waals surface area contributed by atoms with Crippen LogP contribution in [0.2, 0.25) is 0 Å². The third-order valence-electron chi connectivity index (χ3n) is 4.01. The van der Waals surface area contributed by atoms with Crippen molar-refractivity contribution in [3.63, 3.8) is 0 Å². The molecule has 2 heterocycles. The maximum atomic E-state index is 5.73. The average Bonchev–Trinajstić information content (AvgIpc) is 2.66. The molecule has 0 radical (unpaired) electrons. The number of fused-ring (bicyclic) bond motifs is 1. The van der Waals surface area contributed by atoms with Crippen LogP contribution in [0.4, 0.5) is 0 Å². The van der Waals surface area contributed by atoms with E-state index < -0.39 is 0 Å². The minimum absolute atomic E-state index is 0. The number of nitrogens with one attached hydrogen (secondary N) is 1. The van der Waals surface area contributed by atoms with Crippen LogP contribution in [0.15, 0.2) is 22.6 Å². The molecule has 1 saturated heterocycles. The number of aryl methyl sites for hydroxylation is 2. The predicted molar refractivity (Wildman–Crippen MR) is 77.8 cm³/mol. The molecular formula is C15H20ClNO. The molecule has 1 aromatic carbocycles. The highest BCUT2D eigenvalue weighted by Crippen LogP contribution is 2.31. The van der Waals surface area contributed by atoms with Crippen LogP contribution in [-0.4, -0.2) is 13.1 Å². The van der Waals surface area contributed by atoms with Crippen molar-refractivity contribution in [3.05, 3.63) is 35.1 Å². The third kappa shape index (κ3) is 2.27. The second-order valence-corrected chi connectivity index (χ2v) is 5.06. The van der Waals surface area contributed by atoms with Crippen LogP contribution in [0.3, 0.4) is 0 Å². The molecule has 1 N–H and O–H groups in total. The summed E-state index contributed by atoms with van der Waals surface area (Å²) in [6.45, 7) is 6.48. The molecule has 18 heavy (non-hydrogen) atoms. The number of furan rings is 1. The SMILES string of the molecule is Cc1oc2ccc(C3CCNCC3)cc2c1C.Cl. The van der Waals surface area contributed by atoms with E-state index >= 15 is 0 Å². The van der Waals surface area contributed by atoms with Gasteiger partial charge in [-0.25, -0.2) is 0 Å². The molecule has 1 aliphatic rings. The number of piperidine rings is 1. The van der Waals surface area contributed by atoms with E-state index in [9.17, 15) is 0 Å². The standard InChI is InChI=1S/C15H19NO.ClH/c1-10-11(2)17-15-4-3-13(9-14(10)15)12-5-7-16-8-6-12;/h3-4,9,12,16H,5-8H2,1-2H3;1H. The van der Waals surface area contributed by atoms with Crippen LogP contribution < -0.4 is 5.32 Å². The maximum Gasteiger partial charge on any atom is 0.134 e. The van der Waals surface area contributed by atoms with Gasteiger partial charge in [0.25, 0.3) is 0 Å². The second kappa shape index (κ2) is 5.33. The van der Waals surface area contributed by atoms with Gasteiger partial charge in [-0.3, -0.25) is 0 Å². The second-order valence-electron chi connectivity index (χ2n) is 5.06. The summed E-state index contributed by atoms with van der Waals surface area (Å²) in [6, 6.07) is 6.70. The van der Waals surface area contributed by atoms with Crippen LogP contribution in [0.1, 0.15) is 35.6 Å². The third-order valence-corrected chi connectivity index (χ3v) is 4.01. The Kier molecular flexibility index (Phi) is 3.98. The molecule has 2 nitrogen and oxygen atoms in total. The molecule has 0 spiro atoms. The lowest BCUT2D eigenvalue weighted by Gasteiger charge is -2.22. The fourth-order valence-electron chi connectivity index (χ4n) is 2.77. The summed E-state index contributed by atoms with van der Waals surface area (Å²) in [4.78, 5) is 0. The Labute approximate surface area is 114 Å². The van der Waals surface area contributed by atoms with Crippen molar-refractivity contribution >= 4 is 23.4 Å². The van der Waals surface area contributed by atoms with E-state index in [0.717, 1.165) is 30.4 Å². The lowest BCUT2D eigenvalue weighted by atomic mass is 9.89. The fourth-order valence-corrected chi connectivity index (χ4v) is 2.77. The van der Waals surface area contributed by atoms with E-state index in [2.05, 4.69) is 30.4 Å². The molecule has 3 rings (SSSR count). The highest BCUT2D eigenvalue weighted by Gasteiger charge is 2.16. The Balaban J connectivity index is 0.00000120. The summed E-state index contributed by atoms with van der Waals surface area (Å²) in [5.41, 5.74) is 3.79. The molecule has 98 valence electrons. The minimum Gasteiger partial charge on any atom is -0.461 e. The summed E-state index contributed by atoms with van der Waals surface area (Å²) in [5.74, 6) is 1.76. The van der Waals surface area contributed by atoms with Crippen LogP contribution in [0.5, 0.6) is 0 Å². The largest absolute Gasteiger partial charge is 0.461 e. The molecule has 0 atom stereocenters. The van der Waals surface area contributed by atoms with Gasteiger partial charge in [0.15, 0.2) is 0 Å². The molecule has 3 heteroatoms. The first-order valence-corrected chi connectivity index (χ1v) is 6.46. The van der Waals surface area contributed by atoms with E-state index in [1.807, 2.05) is 6.92 Å². The fraction of sp³-hybridized carbons (Fsp3) is 0.467. The summed E-state index contributed by atoms with van der Waals surface area (Å²) in [7, 11) is 0. The quantitative estimate of drug-likeness (QED) is 0.845. The lowest BCUT2D eigenvalue weighted by Crippen LogP contribution is -2.26. The smallest absolute Gasteiger partial charge is 0.134 e. The molecule has 1 fully saturated rings. The number of halogens is 1. The Bertz CT molecular complexity index is 541. The highest BCUT2D eigenvalue weighted by molar-refractivity contribution is 5.85. The molecule has 0 amide bonds. The van der Waals surface area contributed by atoms with Gasteiger partial charge >= 0.3 is 0 Å². The molecule has 0 saturated carbocycles. The molecule has 0 aliphatic carbocycles. The number of hydrogen-bond acceptors (Lipinski definition) is 2. The van der Waals surface area contributed by atoms with Crippen LogP contribution in [-0.2, 0) is 0 Å². The van der Waals surface area contributed by atoms with Gasteiger partial charge in [-0.2, -0.15) is 0 Å². The topological polar surface area (TPSA) is 25.2 Å². The van der Waals surface area contributed by atoms with Crippen molar-refractivity contribution < 1.29 is 4.42 Å². The molecule has 0 unspecified atom stereocenters. The van der Waals surface area contributed by atoms with Crippen LogP contribution >= 0.6 is 12.4 Å². The van der Waals surface area contributed by atoms with E-state index in [1.165, 1.54) is 29.4 Å². The molecule has 0 bridgehead atoms. The summed E-state index contributed by atoms with van der Waals surface area (Å²) in [5, 5.41) is 4.71. The van der Waals surface area contributed by atoms with Gasteiger partial charge in [-0.1, -0.05) is 6.07 Å². The Morgan fingerprint density at radius 2 is 1.89 bits per heavy atom. The maximum absolute atomic E-state index is 5.73. The Morgan fingerprint density at radius 1 is 1.17 bits per heavy atom. The van der Waals surface area contributed by atoms with Gasteiger partial charge in [0, 0.05) is 5.39 Å². The van der Waals surface area contributed by atoms with E-state index in [4.69, 9.17) is 4.42 Å². The van der Waals surface area contributed by atoms with Crippen molar-refractivity contribution in [2.45, 2.75) is 32.6 Å². The summed E-state index contributed by atoms with van der Waals surface area (Å²) < 4.78 is 5.73. The monoisotopic (exact) mass is 265 g/mol. The van der Waals surface area contributed by atoms with Crippen LogP contribution in [0, 0.1) is 13.8 Å². The van der Waals surface area contributed by atoms with Crippen molar-refractivity contribution in [2.24, 2.45) is 0 Å². The first kappa shape index (κ1) is 13.4. The van der Waals surface area contributed by atoms with E-state index in [-0.39, 0.29) is 12.4 Å². The zero-order chi connectivity index (χ0) is 11.8. The average molecular weight is 266 g/mol. The van der Waals surface area contributed by atoms with Crippen LogP contribution in [0.25, 0.3) is 11.0 Å². The van der Waals surface area contributed by atoms with Gasteiger partial charge in [0.1, 0.15) is 11.3 Å². The number of hydrogen-bond donors (Lipinski definition) is 1. The zero-order valence-electron chi connectivity index (χ0n) is 11.0. The normalized spacial score (nSPS) is 16.8. The van der Waals surface area contributed by atoms with Gasteiger partial charge in [-0.15, -0.1) is 12.4 Å². The van der Waals surface area contributed by atoms with Crippen molar-refractivity contribution in [2.75, 3.05) is 13.1 Å². The molecule has 1 aromatic heterocycles. The number of benzene rings is 1. The highest BCUT2D eigenvalue weighted by atomic mass is 35.5. The number of rotatable bonds is 1.